The molecule has 1 fully saturated rings. The molecule has 1 aliphatic heterocycles. The Morgan fingerprint density at radius 2 is 2.50 bits per heavy atom. The van der Waals surface area contributed by atoms with Crippen LogP contribution in [0.3, 0.4) is 0 Å². The molecule has 1 N–H and O–H groups in total. The predicted molar refractivity (Wildman–Crippen MR) is 65.6 cm³/mol. The monoisotopic (exact) mass is 220 g/mol. The van der Waals surface area contributed by atoms with E-state index >= 15 is 0 Å². The fourth-order valence-electron chi connectivity index (χ4n) is 2.28. The van der Waals surface area contributed by atoms with Crippen molar-refractivity contribution in [2.45, 2.75) is 32.2 Å². The summed E-state index contributed by atoms with van der Waals surface area (Å²) in [5.74, 6) is 1.06. The second kappa shape index (κ2) is 5.80. The van der Waals surface area contributed by atoms with Gasteiger partial charge in [0.05, 0.1) is 0 Å². The summed E-state index contributed by atoms with van der Waals surface area (Å²) in [6.45, 7) is 5.51. The summed E-state index contributed by atoms with van der Waals surface area (Å²) in [5.41, 5.74) is 0. The minimum absolute atomic E-state index is 0.587. The first-order chi connectivity index (χ1) is 7.92. The minimum Gasteiger partial charge on any atom is -0.352 e. The molecule has 1 unspecified atom stereocenters. The third-order valence-electron chi connectivity index (χ3n) is 3.04. The summed E-state index contributed by atoms with van der Waals surface area (Å²) in [7, 11) is 0. The fourth-order valence-corrected chi connectivity index (χ4v) is 2.28. The number of aromatic nitrogens is 2. The number of hydrogen-bond acceptors (Lipinski definition) is 4. The van der Waals surface area contributed by atoms with E-state index < -0.39 is 0 Å². The van der Waals surface area contributed by atoms with Crippen molar-refractivity contribution in [2.24, 2.45) is 0 Å². The smallest absolute Gasteiger partial charge is 0.132 e. The first-order valence-corrected chi connectivity index (χ1v) is 6.15. The predicted octanol–water partition coefficient (Wildman–Crippen LogP) is 1.44. The summed E-state index contributed by atoms with van der Waals surface area (Å²) < 4.78 is 0. The summed E-state index contributed by atoms with van der Waals surface area (Å²) in [6.07, 6.45) is 7.13. The molecule has 16 heavy (non-hydrogen) atoms. The van der Waals surface area contributed by atoms with Crippen molar-refractivity contribution >= 4 is 5.82 Å². The first-order valence-electron chi connectivity index (χ1n) is 6.15. The molecule has 0 radical (unpaired) electrons. The van der Waals surface area contributed by atoms with Gasteiger partial charge in [-0.1, -0.05) is 6.92 Å². The Labute approximate surface area is 97.1 Å². The van der Waals surface area contributed by atoms with Gasteiger partial charge in [0.25, 0.3) is 0 Å². The molecule has 0 spiro atoms. The molecule has 0 saturated carbocycles. The maximum atomic E-state index is 4.36. The zero-order valence-electron chi connectivity index (χ0n) is 9.89. The Kier molecular flexibility index (Phi) is 4.10. The standard InChI is InChI=1S/C12H20N4/c1-2-8-16(11-4-3-6-13-9-11)12-5-7-14-10-15-12/h5,7,10-11,13H,2-4,6,8-9H2,1H3. The maximum Gasteiger partial charge on any atom is 0.132 e. The molecule has 1 aromatic rings. The summed E-state index contributed by atoms with van der Waals surface area (Å²) in [4.78, 5) is 10.8. The van der Waals surface area contributed by atoms with Crippen LogP contribution in [-0.4, -0.2) is 35.6 Å². The van der Waals surface area contributed by atoms with Gasteiger partial charge < -0.3 is 10.2 Å². The van der Waals surface area contributed by atoms with Crippen molar-refractivity contribution in [2.75, 3.05) is 24.5 Å². The van der Waals surface area contributed by atoms with Gasteiger partial charge in [-0.25, -0.2) is 9.97 Å². The van der Waals surface area contributed by atoms with Crippen molar-refractivity contribution in [3.63, 3.8) is 0 Å². The van der Waals surface area contributed by atoms with Crippen molar-refractivity contribution in [1.82, 2.24) is 15.3 Å². The average molecular weight is 220 g/mol. The molecule has 0 aromatic carbocycles. The second-order valence-corrected chi connectivity index (χ2v) is 4.26. The molecular formula is C12H20N4. The van der Waals surface area contributed by atoms with Crippen LogP contribution in [-0.2, 0) is 0 Å². The molecule has 2 heterocycles. The normalized spacial score (nSPS) is 20.7. The lowest BCUT2D eigenvalue weighted by atomic mass is 10.1. The molecule has 1 aliphatic rings. The lowest BCUT2D eigenvalue weighted by Gasteiger charge is -2.35. The highest BCUT2D eigenvalue weighted by molar-refractivity contribution is 5.38. The number of hydrogen-bond donors (Lipinski definition) is 1. The van der Waals surface area contributed by atoms with Crippen LogP contribution in [0, 0.1) is 0 Å². The number of rotatable bonds is 4. The van der Waals surface area contributed by atoms with Crippen molar-refractivity contribution < 1.29 is 0 Å². The highest BCUT2D eigenvalue weighted by atomic mass is 15.2. The Morgan fingerprint density at radius 1 is 1.56 bits per heavy atom. The molecule has 88 valence electrons. The first kappa shape index (κ1) is 11.3. The van der Waals surface area contributed by atoms with Gasteiger partial charge >= 0.3 is 0 Å². The molecule has 0 amide bonds. The molecule has 4 heteroatoms. The van der Waals surface area contributed by atoms with Gasteiger partial charge in [-0.05, 0) is 31.9 Å². The molecule has 4 nitrogen and oxygen atoms in total. The van der Waals surface area contributed by atoms with Crippen LogP contribution in [0.25, 0.3) is 0 Å². The largest absolute Gasteiger partial charge is 0.352 e. The summed E-state index contributed by atoms with van der Waals surface area (Å²) in [5, 5.41) is 3.46. The zero-order valence-corrected chi connectivity index (χ0v) is 9.89. The van der Waals surface area contributed by atoms with Gasteiger partial charge in [-0.2, -0.15) is 0 Å². The van der Waals surface area contributed by atoms with Crippen molar-refractivity contribution in [3.05, 3.63) is 18.6 Å². The molecule has 1 saturated heterocycles. The summed E-state index contributed by atoms with van der Waals surface area (Å²) in [6, 6.07) is 2.59. The molecule has 1 aromatic heterocycles. The Balaban J connectivity index is 2.09. The van der Waals surface area contributed by atoms with Crippen molar-refractivity contribution in [1.29, 1.82) is 0 Å². The average Bonchev–Trinajstić information content (AvgIpc) is 2.38. The molecular weight excluding hydrogens is 200 g/mol. The van der Waals surface area contributed by atoms with Crippen LogP contribution >= 0.6 is 0 Å². The van der Waals surface area contributed by atoms with Gasteiger partial charge in [-0.15, -0.1) is 0 Å². The van der Waals surface area contributed by atoms with E-state index in [0.717, 1.165) is 31.9 Å². The summed E-state index contributed by atoms with van der Waals surface area (Å²) >= 11 is 0. The topological polar surface area (TPSA) is 41.1 Å². The maximum absolute atomic E-state index is 4.36. The molecule has 0 bridgehead atoms. The van der Waals surface area contributed by atoms with Crippen LogP contribution in [0.1, 0.15) is 26.2 Å². The van der Waals surface area contributed by atoms with Gasteiger partial charge in [0, 0.05) is 25.3 Å². The van der Waals surface area contributed by atoms with Gasteiger partial charge in [0.2, 0.25) is 0 Å². The SMILES string of the molecule is CCCN(c1ccncn1)C1CCCNC1. The molecule has 0 aliphatic carbocycles. The Morgan fingerprint density at radius 3 is 3.12 bits per heavy atom. The highest BCUT2D eigenvalue weighted by Crippen LogP contribution is 2.17. The number of piperidine rings is 1. The lowest BCUT2D eigenvalue weighted by Crippen LogP contribution is -2.46. The van der Waals surface area contributed by atoms with Crippen LogP contribution in [0.4, 0.5) is 5.82 Å². The molecule has 1 atom stereocenters. The van der Waals surface area contributed by atoms with E-state index in [-0.39, 0.29) is 0 Å². The van der Waals surface area contributed by atoms with Gasteiger partial charge in [0.15, 0.2) is 0 Å². The lowest BCUT2D eigenvalue weighted by molar-refractivity contribution is 0.429. The van der Waals surface area contributed by atoms with Crippen molar-refractivity contribution in [3.8, 4) is 0 Å². The minimum atomic E-state index is 0.587. The van der Waals surface area contributed by atoms with Crippen LogP contribution in [0.5, 0.6) is 0 Å². The Hall–Kier alpha value is -1.16. The van der Waals surface area contributed by atoms with E-state index in [9.17, 15) is 0 Å². The third kappa shape index (κ3) is 2.70. The number of nitrogens with one attached hydrogen (secondary N) is 1. The number of nitrogens with zero attached hydrogens (tertiary/aromatic N) is 3. The van der Waals surface area contributed by atoms with Gasteiger partial charge in [-0.3, -0.25) is 0 Å². The fraction of sp³-hybridized carbons (Fsp3) is 0.667. The second-order valence-electron chi connectivity index (χ2n) is 4.26. The Bertz CT molecular complexity index is 295. The van der Waals surface area contributed by atoms with Gasteiger partial charge in [0.1, 0.15) is 12.1 Å². The quantitative estimate of drug-likeness (QED) is 0.833. The van der Waals surface area contributed by atoms with E-state index in [1.165, 1.54) is 12.8 Å². The van der Waals surface area contributed by atoms with E-state index in [2.05, 4.69) is 27.1 Å². The van der Waals surface area contributed by atoms with E-state index in [1.807, 2.05) is 12.3 Å². The van der Waals surface area contributed by atoms with E-state index in [0.29, 0.717) is 6.04 Å². The third-order valence-corrected chi connectivity index (χ3v) is 3.04. The molecule has 2 rings (SSSR count). The highest BCUT2D eigenvalue weighted by Gasteiger charge is 2.21. The van der Waals surface area contributed by atoms with Crippen LogP contribution in [0.15, 0.2) is 18.6 Å². The zero-order chi connectivity index (χ0) is 11.2. The van der Waals surface area contributed by atoms with E-state index in [1.54, 1.807) is 6.33 Å². The number of anilines is 1. The van der Waals surface area contributed by atoms with Crippen LogP contribution in [0.2, 0.25) is 0 Å². The van der Waals surface area contributed by atoms with E-state index in [4.69, 9.17) is 0 Å². The van der Waals surface area contributed by atoms with Crippen LogP contribution < -0.4 is 10.2 Å².